The van der Waals surface area contributed by atoms with Crippen LogP contribution >= 0.6 is 15.9 Å². The van der Waals surface area contributed by atoms with Crippen LogP contribution in [0.5, 0.6) is 0 Å². The van der Waals surface area contributed by atoms with Crippen molar-refractivity contribution in [1.29, 1.82) is 0 Å². The number of aromatic nitrogens is 2. The molecule has 0 radical (unpaired) electrons. The number of rotatable bonds is 2. The minimum Gasteiger partial charge on any atom is -0.476 e. The standard InChI is InChI=1S/C11H6BrF3N2O2/c1-17-7(3-6(16-17)11(18)19)4-2-5(12)9(14)10(15)8(4)13/h2-3H,1H3,(H,18,19). The van der Waals surface area contributed by atoms with Crippen LogP contribution in [0.2, 0.25) is 0 Å². The number of aryl methyl sites for hydroxylation is 1. The highest BCUT2D eigenvalue weighted by Crippen LogP contribution is 2.31. The minimum absolute atomic E-state index is 0.0227. The molecule has 1 heterocycles. The van der Waals surface area contributed by atoms with E-state index in [-0.39, 0.29) is 21.4 Å². The Bertz CT molecular complexity index is 685. The number of benzene rings is 1. The van der Waals surface area contributed by atoms with Gasteiger partial charge in [0.05, 0.1) is 10.2 Å². The first-order valence-corrected chi connectivity index (χ1v) is 5.73. The monoisotopic (exact) mass is 334 g/mol. The molecule has 100 valence electrons. The summed E-state index contributed by atoms with van der Waals surface area (Å²) < 4.78 is 41.0. The van der Waals surface area contributed by atoms with Gasteiger partial charge in [-0.15, -0.1) is 0 Å². The second kappa shape index (κ2) is 4.69. The third-order valence-corrected chi connectivity index (χ3v) is 3.05. The number of carboxylic acid groups (broad SMARTS) is 1. The highest BCUT2D eigenvalue weighted by atomic mass is 79.9. The van der Waals surface area contributed by atoms with Gasteiger partial charge in [-0.3, -0.25) is 4.68 Å². The molecule has 0 saturated heterocycles. The van der Waals surface area contributed by atoms with E-state index in [2.05, 4.69) is 21.0 Å². The van der Waals surface area contributed by atoms with E-state index in [9.17, 15) is 18.0 Å². The van der Waals surface area contributed by atoms with Gasteiger partial charge >= 0.3 is 5.97 Å². The van der Waals surface area contributed by atoms with Gasteiger partial charge in [0.25, 0.3) is 0 Å². The molecule has 8 heteroatoms. The van der Waals surface area contributed by atoms with E-state index in [0.29, 0.717) is 0 Å². The second-order valence-corrected chi connectivity index (χ2v) is 4.55. The smallest absolute Gasteiger partial charge is 0.356 e. The van der Waals surface area contributed by atoms with Crippen molar-refractivity contribution in [3.63, 3.8) is 0 Å². The first-order valence-electron chi connectivity index (χ1n) is 4.93. The van der Waals surface area contributed by atoms with Crippen LogP contribution in [-0.2, 0) is 7.05 Å². The topological polar surface area (TPSA) is 55.1 Å². The lowest BCUT2D eigenvalue weighted by Crippen LogP contribution is -2.01. The van der Waals surface area contributed by atoms with E-state index >= 15 is 0 Å². The normalized spacial score (nSPS) is 10.8. The Balaban J connectivity index is 2.69. The highest BCUT2D eigenvalue weighted by molar-refractivity contribution is 9.10. The van der Waals surface area contributed by atoms with Crippen LogP contribution in [0.15, 0.2) is 16.6 Å². The molecule has 0 aliphatic carbocycles. The molecule has 0 unspecified atom stereocenters. The molecule has 0 aliphatic heterocycles. The molecular weight excluding hydrogens is 329 g/mol. The molecule has 0 amide bonds. The number of hydrogen-bond donors (Lipinski definition) is 1. The Morgan fingerprint density at radius 3 is 2.42 bits per heavy atom. The van der Waals surface area contributed by atoms with Crippen molar-refractivity contribution in [2.45, 2.75) is 0 Å². The quantitative estimate of drug-likeness (QED) is 0.678. The summed E-state index contributed by atoms with van der Waals surface area (Å²) in [6.07, 6.45) is 0. The van der Waals surface area contributed by atoms with Crippen LogP contribution < -0.4 is 0 Å². The highest BCUT2D eigenvalue weighted by Gasteiger charge is 2.22. The number of halogens is 4. The van der Waals surface area contributed by atoms with Crippen LogP contribution in [0.1, 0.15) is 10.5 Å². The van der Waals surface area contributed by atoms with Crippen LogP contribution in [-0.4, -0.2) is 20.9 Å². The van der Waals surface area contributed by atoms with Crippen molar-refractivity contribution in [2.75, 3.05) is 0 Å². The zero-order valence-corrected chi connectivity index (χ0v) is 11.0. The number of carboxylic acids is 1. The minimum atomic E-state index is -1.64. The summed E-state index contributed by atoms with van der Waals surface area (Å²) >= 11 is 2.76. The lowest BCUT2D eigenvalue weighted by atomic mass is 10.1. The summed E-state index contributed by atoms with van der Waals surface area (Å²) in [6.45, 7) is 0. The Morgan fingerprint density at radius 1 is 1.26 bits per heavy atom. The summed E-state index contributed by atoms with van der Waals surface area (Å²) in [5, 5.41) is 12.4. The average molecular weight is 335 g/mol. The zero-order chi connectivity index (χ0) is 14.3. The number of aromatic carboxylic acids is 1. The summed E-state index contributed by atoms with van der Waals surface area (Å²) in [5.41, 5.74) is -0.583. The molecule has 0 spiro atoms. The van der Waals surface area contributed by atoms with E-state index in [4.69, 9.17) is 5.11 Å². The molecule has 0 fully saturated rings. The molecule has 2 rings (SSSR count). The SMILES string of the molecule is Cn1nc(C(=O)O)cc1-c1cc(Br)c(F)c(F)c1F. The first kappa shape index (κ1) is 13.6. The second-order valence-electron chi connectivity index (χ2n) is 3.69. The fraction of sp³-hybridized carbons (Fsp3) is 0.0909. The summed E-state index contributed by atoms with van der Waals surface area (Å²) in [6, 6.07) is 2.10. The summed E-state index contributed by atoms with van der Waals surface area (Å²) in [7, 11) is 1.37. The molecule has 0 aliphatic rings. The largest absolute Gasteiger partial charge is 0.476 e. The van der Waals surface area contributed by atoms with Gasteiger partial charge in [-0.2, -0.15) is 5.10 Å². The Kier molecular flexibility index (Phi) is 3.36. The number of hydrogen-bond acceptors (Lipinski definition) is 2. The molecule has 0 bridgehead atoms. The third kappa shape index (κ3) is 2.23. The van der Waals surface area contributed by atoms with Crippen molar-refractivity contribution in [3.8, 4) is 11.3 Å². The summed E-state index contributed by atoms with van der Waals surface area (Å²) in [4.78, 5) is 10.8. The maximum atomic E-state index is 13.7. The van der Waals surface area contributed by atoms with Gasteiger partial charge in [0, 0.05) is 12.6 Å². The van der Waals surface area contributed by atoms with Crippen molar-refractivity contribution < 1.29 is 23.1 Å². The first-order chi connectivity index (χ1) is 8.82. The van der Waals surface area contributed by atoms with E-state index in [1.807, 2.05) is 0 Å². The third-order valence-electron chi connectivity index (χ3n) is 2.48. The summed E-state index contributed by atoms with van der Waals surface area (Å²) in [5.74, 6) is -5.69. The molecule has 1 aromatic heterocycles. The molecule has 0 saturated carbocycles. The van der Waals surface area contributed by atoms with Gasteiger partial charge in [0.1, 0.15) is 0 Å². The van der Waals surface area contributed by atoms with Gasteiger partial charge in [0.15, 0.2) is 23.1 Å². The lowest BCUT2D eigenvalue weighted by Gasteiger charge is -2.06. The maximum Gasteiger partial charge on any atom is 0.356 e. The molecule has 0 atom stereocenters. The number of nitrogens with zero attached hydrogens (tertiary/aromatic N) is 2. The van der Waals surface area contributed by atoms with E-state index in [1.165, 1.54) is 7.05 Å². The molecule has 1 aromatic carbocycles. The van der Waals surface area contributed by atoms with Gasteiger partial charge in [-0.1, -0.05) is 0 Å². The predicted molar refractivity (Wildman–Crippen MR) is 63.2 cm³/mol. The zero-order valence-electron chi connectivity index (χ0n) is 9.42. The molecule has 2 aromatic rings. The predicted octanol–water partition coefficient (Wildman–Crippen LogP) is 2.97. The van der Waals surface area contributed by atoms with Crippen molar-refractivity contribution in [3.05, 3.63) is 39.8 Å². The van der Waals surface area contributed by atoms with Crippen molar-refractivity contribution >= 4 is 21.9 Å². The van der Waals surface area contributed by atoms with Gasteiger partial charge in [0.2, 0.25) is 0 Å². The lowest BCUT2D eigenvalue weighted by molar-refractivity contribution is 0.0689. The molecule has 4 nitrogen and oxygen atoms in total. The van der Waals surface area contributed by atoms with Crippen LogP contribution in [0, 0.1) is 17.5 Å². The fourth-order valence-electron chi connectivity index (χ4n) is 1.58. The van der Waals surface area contributed by atoms with Gasteiger partial charge in [-0.25, -0.2) is 18.0 Å². The molecule has 19 heavy (non-hydrogen) atoms. The van der Waals surface area contributed by atoms with Crippen LogP contribution in [0.4, 0.5) is 13.2 Å². The number of carbonyl (C=O) groups is 1. The Morgan fingerprint density at radius 2 is 1.89 bits per heavy atom. The van der Waals surface area contributed by atoms with Crippen molar-refractivity contribution in [1.82, 2.24) is 9.78 Å². The molecular formula is C11H6BrF3N2O2. The van der Waals surface area contributed by atoms with E-state index in [1.54, 1.807) is 0 Å². The van der Waals surface area contributed by atoms with Crippen LogP contribution in [0.25, 0.3) is 11.3 Å². The fourth-order valence-corrected chi connectivity index (χ4v) is 1.99. The Labute approximate surface area is 113 Å². The van der Waals surface area contributed by atoms with E-state index in [0.717, 1.165) is 16.8 Å². The van der Waals surface area contributed by atoms with Crippen molar-refractivity contribution in [2.24, 2.45) is 7.05 Å². The molecule has 1 N–H and O–H groups in total. The maximum absolute atomic E-state index is 13.7. The average Bonchev–Trinajstić information content (AvgIpc) is 2.73. The van der Waals surface area contributed by atoms with Gasteiger partial charge in [-0.05, 0) is 28.1 Å². The Hall–Kier alpha value is -1.83. The van der Waals surface area contributed by atoms with Crippen LogP contribution in [0.3, 0.4) is 0 Å². The van der Waals surface area contributed by atoms with E-state index < -0.39 is 23.4 Å². The van der Waals surface area contributed by atoms with Gasteiger partial charge < -0.3 is 5.11 Å².